The van der Waals surface area contributed by atoms with Crippen LogP contribution in [0.25, 0.3) is 0 Å². The monoisotopic (exact) mass is 345 g/mol. The molecule has 4 heteroatoms. The predicted molar refractivity (Wildman–Crippen MR) is 100 cm³/mol. The number of carbonyl (C=O) groups is 1. The molecule has 1 unspecified atom stereocenters. The lowest BCUT2D eigenvalue weighted by Gasteiger charge is -2.17. The van der Waals surface area contributed by atoms with Gasteiger partial charge in [-0.2, -0.15) is 0 Å². The van der Waals surface area contributed by atoms with E-state index in [0.29, 0.717) is 22.4 Å². The molecule has 1 N–H and O–H groups in total. The van der Waals surface area contributed by atoms with Crippen molar-refractivity contribution in [2.75, 3.05) is 5.32 Å². The molecular weight excluding hydrogens is 322 g/mol. The van der Waals surface area contributed by atoms with Gasteiger partial charge in [-0.3, -0.25) is 4.79 Å². The Kier molecular flexibility index (Phi) is 5.89. The molecule has 0 spiro atoms. The van der Waals surface area contributed by atoms with Gasteiger partial charge in [0.1, 0.15) is 5.75 Å². The first-order valence-electron chi connectivity index (χ1n) is 8.12. The van der Waals surface area contributed by atoms with Crippen LogP contribution in [0.15, 0.2) is 36.4 Å². The normalized spacial score (nSPS) is 12.1. The maximum absolute atomic E-state index is 12.4. The van der Waals surface area contributed by atoms with Crippen molar-refractivity contribution in [3.63, 3.8) is 0 Å². The zero-order chi connectivity index (χ0) is 17.9. The summed E-state index contributed by atoms with van der Waals surface area (Å²) in [6, 6.07) is 11.6. The van der Waals surface area contributed by atoms with E-state index in [0.717, 1.165) is 11.1 Å². The lowest BCUT2D eigenvalue weighted by Crippen LogP contribution is -2.30. The molecule has 2 aromatic rings. The summed E-state index contributed by atoms with van der Waals surface area (Å²) in [6.45, 7) is 9.89. The Morgan fingerprint density at radius 2 is 1.71 bits per heavy atom. The van der Waals surface area contributed by atoms with Crippen molar-refractivity contribution in [3.8, 4) is 5.75 Å². The second kappa shape index (κ2) is 7.71. The van der Waals surface area contributed by atoms with Crippen molar-refractivity contribution in [2.45, 2.75) is 46.6 Å². The van der Waals surface area contributed by atoms with Crippen molar-refractivity contribution in [1.82, 2.24) is 0 Å². The van der Waals surface area contributed by atoms with E-state index in [9.17, 15) is 4.79 Å². The minimum absolute atomic E-state index is 0.225. The fourth-order valence-electron chi connectivity index (χ4n) is 2.49. The number of benzene rings is 2. The van der Waals surface area contributed by atoms with Gasteiger partial charge in [0.2, 0.25) is 0 Å². The summed E-state index contributed by atoms with van der Waals surface area (Å²) in [5, 5.41) is 3.40. The summed E-state index contributed by atoms with van der Waals surface area (Å²) in [4.78, 5) is 12.4. The van der Waals surface area contributed by atoms with Gasteiger partial charge in [0.15, 0.2) is 6.10 Å². The number of carbonyl (C=O) groups excluding carboxylic acids is 1. The molecule has 0 bridgehead atoms. The number of ether oxygens (including phenoxy) is 1. The summed E-state index contributed by atoms with van der Waals surface area (Å²) < 4.78 is 5.73. The first-order valence-corrected chi connectivity index (χ1v) is 8.50. The van der Waals surface area contributed by atoms with E-state index >= 15 is 0 Å². The van der Waals surface area contributed by atoms with Crippen LogP contribution >= 0.6 is 11.6 Å². The highest BCUT2D eigenvalue weighted by Gasteiger charge is 2.17. The molecule has 0 aliphatic heterocycles. The average molecular weight is 346 g/mol. The van der Waals surface area contributed by atoms with Crippen LogP contribution in [0.4, 0.5) is 5.69 Å². The van der Waals surface area contributed by atoms with Crippen molar-refractivity contribution >= 4 is 23.2 Å². The van der Waals surface area contributed by atoms with E-state index in [1.165, 1.54) is 5.56 Å². The third-order valence-corrected chi connectivity index (χ3v) is 4.21. The highest BCUT2D eigenvalue weighted by molar-refractivity contribution is 6.34. The number of nitrogens with one attached hydrogen (secondary N) is 1. The number of rotatable bonds is 5. The second-order valence-electron chi connectivity index (χ2n) is 6.41. The van der Waals surface area contributed by atoms with E-state index in [4.69, 9.17) is 16.3 Å². The van der Waals surface area contributed by atoms with Crippen LogP contribution in [0.2, 0.25) is 5.02 Å². The quantitative estimate of drug-likeness (QED) is 0.778. The first-order chi connectivity index (χ1) is 11.3. The Morgan fingerprint density at radius 1 is 1.08 bits per heavy atom. The minimum Gasteiger partial charge on any atom is -0.481 e. The van der Waals surface area contributed by atoms with Crippen LogP contribution in [-0.4, -0.2) is 12.0 Å². The van der Waals surface area contributed by atoms with Crippen LogP contribution < -0.4 is 10.1 Å². The fourth-order valence-corrected chi connectivity index (χ4v) is 2.86. The molecular formula is C20H24ClNO2. The maximum atomic E-state index is 12.4. The van der Waals surface area contributed by atoms with Crippen molar-refractivity contribution in [1.29, 1.82) is 0 Å². The van der Waals surface area contributed by atoms with Crippen molar-refractivity contribution in [3.05, 3.63) is 58.1 Å². The topological polar surface area (TPSA) is 38.3 Å². The van der Waals surface area contributed by atoms with Gasteiger partial charge in [-0.15, -0.1) is 0 Å². The lowest BCUT2D eigenvalue weighted by molar-refractivity contribution is -0.122. The van der Waals surface area contributed by atoms with E-state index in [1.54, 1.807) is 6.92 Å². The van der Waals surface area contributed by atoms with Gasteiger partial charge in [0.05, 0.1) is 10.7 Å². The molecule has 2 rings (SSSR count). The predicted octanol–water partition coefficient (Wildman–Crippen LogP) is 5.49. The summed E-state index contributed by atoms with van der Waals surface area (Å²) in [7, 11) is 0. The second-order valence-corrected chi connectivity index (χ2v) is 6.82. The van der Waals surface area contributed by atoms with Gasteiger partial charge < -0.3 is 10.1 Å². The smallest absolute Gasteiger partial charge is 0.265 e. The number of halogens is 1. The molecule has 0 aromatic heterocycles. The van der Waals surface area contributed by atoms with Crippen molar-refractivity contribution < 1.29 is 9.53 Å². The molecule has 1 amide bonds. The van der Waals surface area contributed by atoms with E-state index in [2.05, 4.69) is 19.2 Å². The van der Waals surface area contributed by atoms with Gasteiger partial charge in [0, 0.05) is 0 Å². The Balaban J connectivity index is 2.05. The molecule has 0 radical (unpaired) electrons. The Labute approximate surface area is 149 Å². The minimum atomic E-state index is -0.619. The van der Waals surface area contributed by atoms with Gasteiger partial charge in [-0.1, -0.05) is 43.6 Å². The molecule has 0 heterocycles. The van der Waals surface area contributed by atoms with Crippen LogP contribution in [0.3, 0.4) is 0 Å². The standard InChI is InChI=1S/C20H24ClNO2/c1-12(2)16-6-8-17(9-7-16)24-15(5)20(23)22-19-14(4)10-13(3)11-18(19)21/h6-12,15H,1-5H3,(H,22,23). The number of hydrogen-bond acceptors (Lipinski definition) is 2. The van der Waals surface area contributed by atoms with Crippen LogP contribution in [0.5, 0.6) is 5.75 Å². The number of amides is 1. The highest BCUT2D eigenvalue weighted by atomic mass is 35.5. The zero-order valence-electron chi connectivity index (χ0n) is 14.8. The van der Waals surface area contributed by atoms with Crippen LogP contribution in [-0.2, 0) is 4.79 Å². The maximum Gasteiger partial charge on any atom is 0.265 e. The van der Waals surface area contributed by atoms with Gasteiger partial charge in [-0.25, -0.2) is 0 Å². The summed E-state index contributed by atoms with van der Waals surface area (Å²) in [5.41, 5.74) is 3.87. The molecule has 0 saturated heterocycles. The van der Waals surface area contributed by atoms with Gasteiger partial charge in [-0.05, 0) is 61.6 Å². The van der Waals surface area contributed by atoms with Crippen molar-refractivity contribution in [2.24, 2.45) is 0 Å². The highest BCUT2D eigenvalue weighted by Crippen LogP contribution is 2.27. The van der Waals surface area contributed by atoms with Gasteiger partial charge >= 0.3 is 0 Å². The SMILES string of the molecule is Cc1cc(C)c(NC(=O)C(C)Oc2ccc(C(C)C)cc2)c(Cl)c1. The molecule has 0 fully saturated rings. The Morgan fingerprint density at radius 3 is 2.25 bits per heavy atom. The molecule has 0 saturated carbocycles. The summed E-state index contributed by atoms with van der Waals surface area (Å²) in [6.07, 6.45) is -0.619. The molecule has 1 atom stereocenters. The van der Waals surface area contributed by atoms with E-state index < -0.39 is 6.10 Å². The first kappa shape index (κ1) is 18.3. The van der Waals surface area contributed by atoms with Crippen LogP contribution in [0.1, 0.15) is 43.4 Å². The molecule has 0 aliphatic carbocycles. The third kappa shape index (κ3) is 4.51. The fraction of sp³-hybridized carbons (Fsp3) is 0.350. The largest absolute Gasteiger partial charge is 0.481 e. The molecule has 0 aliphatic rings. The number of anilines is 1. The Bertz CT molecular complexity index is 700. The lowest BCUT2D eigenvalue weighted by atomic mass is 10.0. The molecule has 3 nitrogen and oxygen atoms in total. The Hall–Kier alpha value is -2.00. The number of aryl methyl sites for hydroxylation is 2. The number of hydrogen-bond donors (Lipinski definition) is 1. The van der Waals surface area contributed by atoms with E-state index in [1.807, 2.05) is 50.2 Å². The third-order valence-electron chi connectivity index (χ3n) is 3.91. The molecule has 24 heavy (non-hydrogen) atoms. The zero-order valence-corrected chi connectivity index (χ0v) is 15.6. The summed E-state index contributed by atoms with van der Waals surface area (Å²) in [5.74, 6) is 0.914. The van der Waals surface area contributed by atoms with Crippen LogP contribution in [0, 0.1) is 13.8 Å². The van der Waals surface area contributed by atoms with Gasteiger partial charge in [0.25, 0.3) is 5.91 Å². The average Bonchev–Trinajstić information content (AvgIpc) is 2.51. The molecule has 2 aromatic carbocycles. The van der Waals surface area contributed by atoms with E-state index in [-0.39, 0.29) is 5.91 Å². The summed E-state index contributed by atoms with van der Waals surface area (Å²) >= 11 is 6.24. The molecule has 128 valence electrons.